The van der Waals surface area contributed by atoms with Crippen molar-refractivity contribution in [2.24, 2.45) is 0 Å². The molecule has 0 bridgehead atoms. The lowest BCUT2D eigenvalue weighted by Gasteiger charge is -1.96. The van der Waals surface area contributed by atoms with Gasteiger partial charge in [0, 0.05) is 0 Å². The Bertz CT molecular complexity index is 219. The summed E-state index contributed by atoms with van der Waals surface area (Å²) in [6.45, 7) is 4.53. The van der Waals surface area contributed by atoms with Crippen LogP contribution in [-0.2, 0) is 9.13 Å². The number of rotatable bonds is 6. The predicted octanol–water partition coefficient (Wildman–Crippen LogP) is 1.71. The topological polar surface area (TPSA) is 187 Å². The van der Waals surface area contributed by atoms with Gasteiger partial charge in [-0.2, -0.15) is 0 Å². The van der Waals surface area contributed by atoms with Crippen molar-refractivity contribution in [2.45, 2.75) is 66.2 Å². The Labute approximate surface area is 126 Å². The second-order valence-corrected chi connectivity index (χ2v) is 5.85. The van der Waals surface area contributed by atoms with Crippen molar-refractivity contribution in [3.05, 3.63) is 0 Å². The molecule has 0 unspecified atom stereocenters. The zero-order valence-electron chi connectivity index (χ0n) is 11.8. The van der Waals surface area contributed by atoms with E-state index in [1.54, 1.807) is 0 Å². The summed E-state index contributed by atoms with van der Waals surface area (Å²) >= 11 is 0. The Morgan fingerprint density at radius 1 is 0.619 bits per heavy atom. The van der Waals surface area contributed by atoms with Crippen LogP contribution in [0.3, 0.4) is 0 Å². The molecule has 0 aromatic rings. The average molecular weight is 358 g/mol. The number of hydrogen-bond donors (Lipinski definition) is 6. The zero-order chi connectivity index (χ0) is 15.9. The summed E-state index contributed by atoms with van der Waals surface area (Å²) < 4.78 is 17.8. The van der Waals surface area contributed by atoms with Gasteiger partial charge in [0.05, 0.1) is 0 Å². The van der Waals surface area contributed by atoms with Crippen LogP contribution in [-0.4, -0.2) is 34.8 Å². The summed E-state index contributed by atoms with van der Waals surface area (Å²) in [6, 6.07) is 0. The first kappa shape index (κ1) is 32.9. The Hall–Kier alpha value is 0.180. The van der Waals surface area contributed by atoms with Crippen molar-refractivity contribution >= 4 is 15.6 Å². The minimum atomic E-state index is -4.64. The molecule has 0 amide bonds. The molecule has 0 aromatic carbocycles. The fraction of sp³-hybridized carbons (Fsp3) is 1.00. The van der Waals surface area contributed by atoms with Crippen LogP contribution in [0.5, 0.6) is 0 Å². The molecule has 0 aromatic heterocycles. The molecular formula is C10H32O9P2. The number of unbranched alkanes of at least 4 members (excludes halogenated alkanes) is 6. The predicted molar refractivity (Wildman–Crippen MR) is 82.5 cm³/mol. The molecule has 9 nitrogen and oxygen atoms in total. The smallest absolute Gasteiger partial charge is 0.412 e. The third-order valence-electron chi connectivity index (χ3n) is 1.71. The van der Waals surface area contributed by atoms with Crippen LogP contribution < -0.4 is 0 Å². The van der Waals surface area contributed by atoms with Crippen molar-refractivity contribution in [1.82, 2.24) is 0 Å². The molecule has 8 N–H and O–H groups in total. The van der Waals surface area contributed by atoms with E-state index in [4.69, 9.17) is 38.5 Å². The first-order valence-electron chi connectivity index (χ1n) is 5.98. The third kappa shape index (κ3) is 175. The van der Waals surface area contributed by atoms with Crippen LogP contribution in [0.15, 0.2) is 0 Å². The molecule has 136 valence electrons. The fourth-order valence-corrected chi connectivity index (χ4v) is 1.03. The maximum atomic E-state index is 8.88. The molecule has 0 rings (SSSR count). The molecule has 0 fully saturated rings. The van der Waals surface area contributed by atoms with Gasteiger partial charge in [0.15, 0.2) is 0 Å². The first-order chi connectivity index (χ1) is 8.41. The minimum absolute atomic E-state index is 0. The molecule has 0 aliphatic carbocycles. The highest BCUT2D eigenvalue weighted by atomic mass is 31.2. The number of phosphoric acid groups is 2. The monoisotopic (exact) mass is 358 g/mol. The van der Waals surface area contributed by atoms with Gasteiger partial charge in [0.25, 0.3) is 0 Å². The van der Waals surface area contributed by atoms with Crippen LogP contribution in [0.2, 0.25) is 0 Å². The highest BCUT2D eigenvalue weighted by molar-refractivity contribution is 7.45. The molecule has 0 heterocycles. The average Bonchev–Trinajstić information content (AvgIpc) is 2.12. The maximum absolute atomic E-state index is 8.88. The van der Waals surface area contributed by atoms with Gasteiger partial charge >= 0.3 is 15.6 Å². The second kappa shape index (κ2) is 20.2. The molecule has 0 aliphatic rings. The van der Waals surface area contributed by atoms with Gasteiger partial charge in [-0.3, -0.25) is 0 Å². The van der Waals surface area contributed by atoms with E-state index in [0.29, 0.717) is 0 Å². The zero-order valence-corrected chi connectivity index (χ0v) is 13.6. The Balaban J connectivity index is -0.0000000622. The van der Waals surface area contributed by atoms with E-state index in [-0.39, 0.29) is 12.9 Å². The van der Waals surface area contributed by atoms with Gasteiger partial charge < -0.3 is 34.8 Å². The first-order valence-corrected chi connectivity index (χ1v) is 9.11. The second-order valence-electron chi connectivity index (χ2n) is 3.79. The largest absolute Gasteiger partial charge is 0.466 e. The highest BCUT2D eigenvalue weighted by Crippen LogP contribution is 2.26. The third-order valence-corrected chi connectivity index (χ3v) is 1.71. The lowest BCUT2D eigenvalue weighted by molar-refractivity contribution is 0.272. The van der Waals surface area contributed by atoms with E-state index in [1.165, 1.54) is 44.9 Å². The van der Waals surface area contributed by atoms with E-state index in [9.17, 15) is 0 Å². The van der Waals surface area contributed by atoms with E-state index in [1.807, 2.05) is 0 Å². The van der Waals surface area contributed by atoms with Crippen LogP contribution in [0.1, 0.15) is 66.2 Å². The molecule has 0 aliphatic heterocycles. The normalized spacial score (nSPS) is 9.90. The molecule has 11 heteroatoms. The van der Waals surface area contributed by atoms with Gasteiger partial charge in [-0.1, -0.05) is 66.2 Å². The SMILES string of the molecule is C.CCCCCCCCC.O.O=P(O)(O)O.O=P(O)(O)O. The summed E-state index contributed by atoms with van der Waals surface area (Å²) in [4.78, 5) is 43.1. The lowest BCUT2D eigenvalue weighted by atomic mass is 10.1. The van der Waals surface area contributed by atoms with Crippen LogP contribution in [0, 0.1) is 0 Å². The fourth-order valence-electron chi connectivity index (χ4n) is 1.03. The molecule has 21 heavy (non-hydrogen) atoms. The van der Waals surface area contributed by atoms with Gasteiger partial charge in [0.2, 0.25) is 0 Å². The minimum Gasteiger partial charge on any atom is -0.412 e. The quantitative estimate of drug-likeness (QED) is 0.305. The van der Waals surface area contributed by atoms with Crippen molar-refractivity contribution < 1.29 is 44.0 Å². The van der Waals surface area contributed by atoms with Crippen molar-refractivity contribution in [3.63, 3.8) is 0 Å². The van der Waals surface area contributed by atoms with E-state index in [0.717, 1.165) is 0 Å². The Morgan fingerprint density at radius 3 is 0.905 bits per heavy atom. The van der Waals surface area contributed by atoms with Crippen LogP contribution >= 0.6 is 15.6 Å². The standard InChI is InChI=1S/C9H20.CH4.2H3O4P.H2O/c1-3-5-7-9-8-6-4-2;;2*1-5(2,3)4;/h3-9H2,1-2H3;1H4;2*(H3,1,2,3,4);1H2. The van der Waals surface area contributed by atoms with E-state index < -0.39 is 15.6 Å². The van der Waals surface area contributed by atoms with Crippen molar-refractivity contribution in [2.75, 3.05) is 0 Å². The van der Waals surface area contributed by atoms with E-state index >= 15 is 0 Å². The summed E-state index contributed by atoms with van der Waals surface area (Å²) in [5.41, 5.74) is 0. The van der Waals surface area contributed by atoms with Gasteiger partial charge in [0.1, 0.15) is 0 Å². The summed E-state index contributed by atoms with van der Waals surface area (Å²) in [6.07, 6.45) is 9.97. The van der Waals surface area contributed by atoms with Crippen molar-refractivity contribution in [3.8, 4) is 0 Å². The summed E-state index contributed by atoms with van der Waals surface area (Å²) in [7, 11) is -9.28. The van der Waals surface area contributed by atoms with Gasteiger partial charge in [-0.05, 0) is 0 Å². The van der Waals surface area contributed by atoms with Gasteiger partial charge in [-0.15, -0.1) is 0 Å². The summed E-state index contributed by atoms with van der Waals surface area (Å²) in [5.74, 6) is 0. The molecule has 0 saturated heterocycles. The lowest BCUT2D eigenvalue weighted by Crippen LogP contribution is -1.76. The van der Waals surface area contributed by atoms with Crippen LogP contribution in [0.25, 0.3) is 0 Å². The summed E-state index contributed by atoms with van der Waals surface area (Å²) in [5, 5.41) is 0. The van der Waals surface area contributed by atoms with Crippen LogP contribution in [0.4, 0.5) is 0 Å². The molecular weight excluding hydrogens is 326 g/mol. The van der Waals surface area contributed by atoms with E-state index in [2.05, 4.69) is 13.8 Å². The molecule has 0 spiro atoms. The number of hydrogen-bond acceptors (Lipinski definition) is 2. The molecule has 0 radical (unpaired) electrons. The maximum Gasteiger partial charge on any atom is 0.466 e. The van der Waals surface area contributed by atoms with Crippen molar-refractivity contribution in [1.29, 1.82) is 0 Å². The highest BCUT2D eigenvalue weighted by Gasteiger charge is 2.00. The van der Waals surface area contributed by atoms with Gasteiger partial charge in [-0.25, -0.2) is 9.13 Å². The molecule has 0 saturated carbocycles. The molecule has 0 atom stereocenters. The Morgan fingerprint density at radius 2 is 0.762 bits per heavy atom. The Kier molecular flexibility index (Phi) is 31.7.